The highest BCUT2D eigenvalue weighted by Crippen LogP contribution is 2.49. The number of likely N-dealkylation sites (N-methyl/N-ethyl adjacent to an activating group) is 1. The number of thioether (sulfide) groups is 1. The summed E-state index contributed by atoms with van der Waals surface area (Å²) in [4.78, 5) is 38.3. The van der Waals surface area contributed by atoms with Crippen LogP contribution in [-0.4, -0.2) is 85.8 Å². The number of hydrogen-bond donors (Lipinski definition) is 0. The Labute approximate surface area is 239 Å². The van der Waals surface area contributed by atoms with Gasteiger partial charge in [0.1, 0.15) is 11.5 Å². The number of carbonyl (C=O) groups is 2. The van der Waals surface area contributed by atoms with Crippen molar-refractivity contribution in [1.82, 2.24) is 14.7 Å². The first-order chi connectivity index (χ1) is 19.4. The maximum atomic E-state index is 13.8. The predicted octanol–water partition coefficient (Wildman–Crippen LogP) is 4.14. The smallest absolute Gasteiger partial charge is 0.338 e. The zero-order valence-corrected chi connectivity index (χ0v) is 24.1. The largest absolute Gasteiger partial charge is 0.497 e. The van der Waals surface area contributed by atoms with Crippen LogP contribution in [0.3, 0.4) is 0 Å². The number of methoxy groups -OCH3 is 2. The number of carbonyl (C=O) groups excluding carboxylic acids is 2. The molecule has 1 atom stereocenters. The lowest BCUT2D eigenvalue weighted by Crippen LogP contribution is -2.47. The van der Waals surface area contributed by atoms with Gasteiger partial charge in [0.25, 0.3) is 0 Å². The molecule has 10 heteroatoms. The first kappa shape index (κ1) is 27.8. The molecule has 1 saturated heterocycles. The molecular weight excluding hydrogens is 528 g/mol. The minimum atomic E-state index is -0.659. The van der Waals surface area contributed by atoms with Crippen LogP contribution >= 0.6 is 11.8 Å². The van der Waals surface area contributed by atoms with Crippen LogP contribution in [0.5, 0.6) is 11.5 Å². The van der Waals surface area contributed by atoms with Gasteiger partial charge in [-0.05, 0) is 37.6 Å². The predicted molar refractivity (Wildman–Crippen MR) is 156 cm³/mol. The molecular formula is C30H34N4O5S. The van der Waals surface area contributed by atoms with Crippen molar-refractivity contribution in [1.29, 1.82) is 0 Å². The van der Waals surface area contributed by atoms with Gasteiger partial charge in [-0.3, -0.25) is 4.79 Å². The molecule has 40 heavy (non-hydrogen) atoms. The van der Waals surface area contributed by atoms with E-state index in [2.05, 4.69) is 11.9 Å². The summed E-state index contributed by atoms with van der Waals surface area (Å²) in [5, 5.41) is 2.64. The molecule has 3 aliphatic rings. The van der Waals surface area contributed by atoms with Crippen molar-refractivity contribution in [2.24, 2.45) is 4.99 Å². The van der Waals surface area contributed by atoms with E-state index in [1.54, 1.807) is 21.1 Å². The van der Waals surface area contributed by atoms with E-state index in [1.165, 1.54) is 11.8 Å². The van der Waals surface area contributed by atoms with E-state index in [0.717, 1.165) is 24.4 Å². The van der Waals surface area contributed by atoms with Gasteiger partial charge in [0.2, 0.25) is 5.91 Å². The van der Waals surface area contributed by atoms with Crippen LogP contribution in [0.1, 0.15) is 30.5 Å². The van der Waals surface area contributed by atoms with E-state index in [1.807, 2.05) is 63.7 Å². The molecule has 0 aliphatic carbocycles. The molecule has 0 radical (unpaired) electrons. The summed E-state index contributed by atoms with van der Waals surface area (Å²) in [6.07, 6.45) is 0.190. The molecule has 1 amide bonds. The Bertz CT molecular complexity index is 1370. The number of amidine groups is 1. The summed E-state index contributed by atoms with van der Waals surface area (Å²) < 4.78 is 17.0. The van der Waals surface area contributed by atoms with Gasteiger partial charge in [0.15, 0.2) is 5.17 Å². The molecule has 9 nitrogen and oxygen atoms in total. The molecule has 1 fully saturated rings. The van der Waals surface area contributed by atoms with Crippen LogP contribution in [0.25, 0.3) is 5.70 Å². The van der Waals surface area contributed by atoms with E-state index >= 15 is 0 Å². The molecule has 0 N–H and O–H groups in total. The topological polar surface area (TPSA) is 83.9 Å². The molecule has 210 valence electrons. The number of rotatable bonds is 8. The molecule has 0 bridgehead atoms. The van der Waals surface area contributed by atoms with E-state index in [4.69, 9.17) is 19.2 Å². The molecule has 3 aliphatic heterocycles. The second-order valence-corrected chi connectivity index (χ2v) is 10.5. The number of piperazine rings is 1. The number of nitrogens with zero attached hydrogens (tertiary/aromatic N) is 4. The molecule has 0 spiro atoms. The van der Waals surface area contributed by atoms with E-state index in [-0.39, 0.29) is 18.9 Å². The molecule has 3 heterocycles. The first-order valence-electron chi connectivity index (χ1n) is 13.3. The third-order valence-electron chi connectivity index (χ3n) is 7.27. The summed E-state index contributed by atoms with van der Waals surface area (Å²) in [5.41, 5.74) is 3.20. The third kappa shape index (κ3) is 5.46. The van der Waals surface area contributed by atoms with Crippen molar-refractivity contribution in [3.05, 3.63) is 76.3 Å². The van der Waals surface area contributed by atoms with E-state index in [0.29, 0.717) is 46.6 Å². The molecule has 5 rings (SSSR count). The number of aliphatic imine (C=N–C) groups is 1. The number of benzene rings is 2. The van der Waals surface area contributed by atoms with Gasteiger partial charge >= 0.3 is 5.97 Å². The Morgan fingerprint density at radius 2 is 1.77 bits per heavy atom. The number of ether oxygens (including phenoxy) is 3. The van der Waals surface area contributed by atoms with Crippen LogP contribution in [-0.2, 0) is 14.3 Å². The standard InChI is InChI=1S/C30H34N4O5S/c1-5-39-29(36)26-27(20-9-7-6-8-10-20)31-30-34(28(26)23-18-22(37-3)11-12-24(23)38-4)21(19-40-30)17-25(35)33-15-13-32(2)14-16-33/h6-12,18-19,28H,5,13-17H2,1-4H3/t28-/m0/s1. The Morgan fingerprint density at radius 1 is 1.02 bits per heavy atom. The van der Waals surface area contributed by atoms with Gasteiger partial charge in [-0.25, -0.2) is 9.79 Å². The number of amides is 1. The quantitative estimate of drug-likeness (QED) is 0.444. The summed E-state index contributed by atoms with van der Waals surface area (Å²) in [6.45, 7) is 5.06. The van der Waals surface area contributed by atoms with Crippen molar-refractivity contribution >= 4 is 34.5 Å². The van der Waals surface area contributed by atoms with Gasteiger partial charge in [-0.2, -0.15) is 0 Å². The lowest BCUT2D eigenvalue weighted by molar-refractivity contribution is -0.139. The average Bonchev–Trinajstić information content (AvgIpc) is 3.38. The lowest BCUT2D eigenvalue weighted by atomic mass is 9.90. The van der Waals surface area contributed by atoms with Gasteiger partial charge in [-0.15, -0.1) is 0 Å². The minimum absolute atomic E-state index is 0.0491. The van der Waals surface area contributed by atoms with Crippen LogP contribution in [0.2, 0.25) is 0 Å². The summed E-state index contributed by atoms with van der Waals surface area (Å²) in [6, 6.07) is 14.5. The number of fused-ring (bicyclic) bond motifs is 1. The van der Waals surface area contributed by atoms with Gasteiger partial charge in [0, 0.05) is 43.0 Å². The fourth-order valence-electron chi connectivity index (χ4n) is 5.16. The van der Waals surface area contributed by atoms with Crippen LogP contribution in [0.4, 0.5) is 0 Å². The zero-order chi connectivity index (χ0) is 28.2. The maximum absolute atomic E-state index is 13.8. The highest BCUT2D eigenvalue weighted by atomic mass is 32.2. The van der Waals surface area contributed by atoms with Crippen LogP contribution < -0.4 is 9.47 Å². The first-order valence-corrected chi connectivity index (χ1v) is 14.2. The van der Waals surface area contributed by atoms with Crippen LogP contribution in [0.15, 0.2) is 70.2 Å². The minimum Gasteiger partial charge on any atom is -0.497 e. The van der Waals surface area contributed by atoms with Crippen molar-refractivity contribution in [3.8, 4) is 11.5 Å². The average molecular weight is 563 g/mol. The Balaban J connectivity index is 1.64. The Kier molecular flexibility index (Phi) is 8.46. The maximum Gasteiger partial charge on any atom is 0.338 e. The fourth-order valence-corrected chi connectivity index (χ4v) is 6.08. The fraction of sp³-hybridized carbons (Fsp3) is 0.367. The molecule has 0 saturated carbocycles. The molecule has 0 unspecified atom stereocenters. The Morgan fingerprint density at radius 3 is 2.45 bits per heavy atom. The molecule has 2 aromatic rings. The Hall–Kier alpha value is -3.76. The monoisotopic (exact) mass is 562 g/mol. The van der Waals surface area contributed by atoms with E-state index < -0.39 is 12.0 Å². The highest BCUT2D eigenvalue weighted by Gasteiger charge is 2.44. The van der Waals surface area contributed by atoms with Crippen molar-refractivity contribution in [2.45, 2.75) is 19.4 Å². The van der Waals surface area contributed by atoms with Crippen LogP contribution in [0, 0.1) is 0 Å². The third-order valence-corrected chi connectivity index (χ3v) is 8.16. The van der Waals surface area contributed by atoms with Gasteiger partial charge < -0.3 is 28.9 Å². The molecule has 2 aromatic carbocycles. The van der Waals surface area contributed by atoms with Crippen molar-refractivity contribution < 1.29 is 23.8 Å². The summed E-state index contributed by atoms with van der Waals surface area (Å²) >= 11 is 1.45. The lowest BCUT2D eigenvalue weighted by Gasteiger charge is -2.38. The second kappa shape index (κ2) is 12.2. The zero-order valence-electron chi connectivity index (χ0n) is 23.3. The summed E-state index contributed by atoms with van der Waals surface area (Å²) in [5.74, 6) is 0.784. The highest BCUT2D eigenvalue weighted by molar-refractivity contribution is 8.16. The van der Waals surface area contributed by atoms with Gasteiger partial charge in [-0.1, -0.05) is 42.1 Å². The van der Waals surface area contributed by atoms with Crippen molar-refractivity contribution in [2.75, 3.05) is 54.1 Å². The second-order valence-electron chi connectivity index (χ2n) is 9.71. The number of hydrogen-bond acceptors (Lipinski definition) is 9. The van der Waals surface area contributed by atoms with Gasteiger partial charge in [0.05, 0.1) is 44.6 Å². The van der Waals surface area contributed by atoms with E-state index in [9.17, 15) is 9.59 Å². The number of esters is 1. The SMILES string of the molecule is CCOC(=O)C1=C(c2ccccc2)N=C2SC=C(CC(=O)N3CCN(C)CC3)N2[C@H]1c1cc(OC)ccc1OC. The van der Waals surface area contributed by atoms with Crippen molar-refractivity contribution in [3.63, 3.8) is 0 Å². The normalized spacial score (nSPS) is 19.1. The molecule has 0 aromatic heterocycles. The summed E-state index contributed by atoms with van der Waals surface area (Å²) in [7, 11) is 5.26.